The van der Waals surface area contributed by atoms with Crippen LogP contribution in [0.2, 0.25) is 0 Å². The molecular formula is C22H44N2O. The third kappa shape index (κ3) is 10.9. The molecule has 0 amide bonds. The fourth-order valence-electron chi connectivity index (χ4n) is 3.91. The van der Waals surface area contributed by atoms with Gasteiger partial charge >= 0.3 is 0 Å². The summed E-state index contributed by atoms with van der Waals surface area (Å²) in [7, 11) is 0. The van der Waals surface area contributed by atoms with Crippen molar-refractivity contribution < 1.29 is 5.11 Å². The molecule has 1 aliphatic rings. The molecule has 3 nitrogen and oxygen atoms in total. The molecule has 1 atom stereocenters. The van der Waals surface area contributed by atoms with E-state index in [-0.39, 0.29) is 6.61 Å². The number of rotatable bonds is 17. The van der Waals surface area contributed by atoms with Crippen LogP contribution in [-0.2, 0) is 0 Å². The molecule has 0 aromatic carbocycles. The molecule has 148 valence electrons. The minimum atomic E-state index is 0.241. The molecule has 3 heteroatoms. The first-order valence-electron chi connectivity index (χ1n) is 11.2. The third-order valence-corrected chi connectivity index (χ3v) is 5.52. The lowest BCUT2D eigenvalue weighted by atomic mass is 9.99. The van der Waals surface area contributed by atoms with Crippen LogP contribution in [0.25, 0.3) is 0 Å². The summed E-state index contributed by atoms with van der Waals surface area (Å²) in [5.41, 5.74) is 0. The van der Waals surface area contributed by atoms with Crippen molar-refractivity contribution in [1.29, 1.82) is 0 Å². The molecule has 0 radical (unpaired) electrons. The zero-order valence-corrected chi connectivity index (χ0v) is 17.1. The van der Waals surface area contributed by atoms with Gasteiger partial charge < -0.3 is 10.0 Å². The van der Waals surface area contributed by atoms with Gasteiger partial charge in [0.1, 0.15) is 5.84 Å². The van der Waals surface area contributed by atoms with Crippen molar-refractivity contribution in [2.45, 2.75) is 104 Å². The van der Waals surface area contributed by atoms with Crippen LogP contribution in [0.5, 0.6) is 0 Å². The van der Waals surface area contributed by atoms with Gasteiger partial charge in [-0.25, -0.2) is 0 Å². The molecule has 25 heavy (non-hydrogen) atoms. The van der Waals surface area contributed by atoms with E-state index in [1.807, 2.05) is 0 Å². The monoisotopic (exact) mass is 352 g/mol. The van der Waals surface area contributed by atoms with Crippen LogP contribution in [0, 0.1) is 5.92 Å². The maximum atomic E-state index is 9.13. The molecule has 1 unspecified atom stereocenters. The van der Waals surface area contributed by atoms with Gasteiger partial charge in [-0.2, -0.15) is 0 Å². The zero-order valence-electron chi connectivity index (χ0n) is 17.1. The van der Waals surface area contributed by atoms with Gasteiger partial charge in [-0.05, 0) is 6.42 Å². The lowest BCUT2D eigenvalue weighted by Crippen LogP contribution is -2.34. The van der Waals surface area contributed by atoms with E-state index in [2.05, 4.69) is 23.7 Å². The van der Waals surface area contributed by atoms with Crippen molar-refractivity contribution in [1.82, 2.24) is 4.90 Å². The van der Waals surface area contributed by atoms with E-state index >= 15 is 0 Å². The molecule has 0 saturated heterocycles. The van der Waals surface area contributed by atoms with Crippen LogP contribution in [0.15, 0.2) is 4.99 Å². The topological polar surface area (TPSA) is 35.8 Å². The Morgan fingerprint density at radius 1 is 0.880 bits per heavy atom. The van der Waals surface area contributed by atoms with Crippen molar-refractivity contribution in [3.8, 4) is 0 Å². The zero-order chi connectivity index (χ0) is 18.2. The van der Waals surface area contributed by atoms with Crippen LogP contribution in [0.1, 0.15) is 104 Å². The number of aliphatic hydroxyl groups is 1. The van der Waals surface area contributed by atoms with Crippen LogP contribution in [-0.4, -0.2) is 42.1 Å². The average molecular weight is 353 g/mol. The van der Waals surface area contributed by atoms with Gasteiger partial charge in [0, 0.05) is 19.0 Å². The van der Waals surface area contributed by atoms with Crippen molar-refractivity contribution >= 4 is 5.84 Å². The third-order valence-electron chi connectivity index (χ3n) is 5.52. The van der Waals surface area contributed by atoms with E-state index in [0.29, 0.717) is 5.92 Å². The van der Waals surface area contributed by atoms with E-state index in [1.165, 1.54) is 95.7 Å². The predicted molar refractivity (Wildman–Crippen MR) is 110 cm³/mol. The second kappa shape index (κ2) is 15.7. The molecule has 1 heterocycles. The molecule has 0 bridgehead atoms. The van der Waals surface area contributed by atoms with E-state index in [0.717, 1.165) is 19.6 Å². The summed E-state index contributed by atoms with van der Waals surface area (Å²) in [6, 6.07) is 0. The maximum absolute atomic E-state index is 9.13. The summed E-state index contributed by atoms with van der Waals surface area (Å²) in [5, 5.41) is 9.13. The minimum Gasteiger partial charge on any atom is -0.395 e. The van der Waals surface area contributed by atoms with Crippen molar-refractivity contribution in [2.75, 3.05) is 26.2 Å². The molecule has 0 saturated carbocycles. The van der Waals surface area contributed by atoms with Gasteiger partial charge in [-0.15, -0.1) is 0 Å². The van der Waals surface area contributed by atoms with E-state index < -0.39 is 0 Å². The molecule has 0 aliphatic carbocycles. The molecular weight excluding hydrogens is 308 g/mol. The highest BCUT2D eigenvalue weighted by molar-refractivity contribution is 5.85. The van der Waals surface area contributed by atoms with Gasteiger partial charge in [-0.1, -0.05) is 97.3 Å². The number of unbranched alkanes of at least 4 members (excludes halogenated alkanes) is 12. The highest BCUT2D eigenvalue weighted by Crippen LogP contribution is 2.18. The Morgan fingerprint density at radius 2 is 1.40 bits per heavy atom. The van der Waals surface area contributed by atoms with E-state index in [9.17, 15) is 0 Å². The SMILES string of the molecule is CCCCCCCCCCCCCCCC(C)C1=NCCN1CCO. The fourth-order valence-corrected chi connectivity index (χ4v) is 3.91. The summed E-state index contributed by atoms with van der Waals surface area (Å²) < 4.78 is 0. The Morgan fingerprint density at radius 3 is 1.92 bits per heavy atom. The summed E-state index contributed by atoms with van der Waals surface area (Å²) in [6.07, 6.45) is 19.7. The van der Waals surface area contributed by atoms with Gasteiger partial charge in [0.15, 0.2) is 0 Å². The smallest absolute Gasteiger partial charge is 0.102 e. The quantitative estimate of drug-likeness (QED) is 0.335. The molecule has 1 N–H and O–H groups in total. The summed E-state index contributed by atoms with van der Waals surface area (Å²) >= 11 is 0. The van der Waals surface area contributed by atoms with Crippen molar-refractivity contribution in [3.63, 3.8) is 0 Å². The highest BCUT2D eigenvalue weighted by Gasteiger charge is 2.21. The standard InChI is InChI=1S/C22H44N2O/c1-3-4-5-6-7-8-9-10-11-12-13-14-15-16-21(2)22-23-17-18-24(22)19-20-25/h21,25H,3-20H2,1-2H3. The first kappa shape index (κ1) is 22.5. The highest BCUT2D eigenvalue weighted by atomic mass is 16.3. The average Bonchev–Trinajstić information content (AvgIpc) is 3.07. The Hall–Kier alpha value is -0.570. The van der Waals surface area contributed by atoms with Crippen molar-refractivity contribution in [3.05, 3.63) is 0 Å². The number of hydrogen-bond donors (Lipinski definition) is 1. The van der Waals surface area contributed by atoms with Crippen LogP contribution < -0.4 is 0 Å². The molecule has 0 aromatic rings. The Kier molecular flexibility index (Phi) is 14.1. The second-order valence-electron chi connectivity index (χ2n) is 7.88. The largest absolute Gasteiger partial charge is 0.395 e. The summed E-state index contributed by atoms with van der Waals surface area (Å²) in [6.45, 7) is 7.49. The Labute approximate surface area is 157 Å². The molecule has 0 spiro atoms. The Balaban J connectivity index is 1.87. The van der Waals surface area contributed by atoms with Gasteiger partial charge in [0.2, 0.25) is 0 Å². The van der Waals surface area contributed by atoms with E-state index in [1.54, 1.807) is 0 Å². The van der Waals surface area contributed by atoms with Gasteiger partial charge in [0.05, 0.1) is 13.2 Å². The summed E-state index contributed by atoms with van der Waals surface area (Å²) in [5.74, 6) is 1.80. The minimum absolute atomic E-state index is 0.241. The predicted octanol–water partition coefficient (Wildman–Crippen LogP) is 5.81. The second-order valence-corrected chi connectivity index (χ2v) is 7.88. The molecule has 1 aliphatic heterocycles. The Bertz CT molecular complexity index is 330. The number of hydrogen-bond acceptors (Lipinski definition) is 3. The lowest BCUT2D eigenvalue weighted by Gasteiger charge is -2.23. The van der Waals surface area contributed by atoms with Crippen LogP contribution in [0.4, 0.5) is 0 Å². The molecule has 1 rings (SSSR count). The van der Waals surface area contributed by atoms with Gasteiger partial charge in [-0.3, -0.25) is 4.99 Å². The number of nitrogens with zero attached hydrogens (tertiary/aromatic N) is 2. The van der Waals surface area contributed by atoms with Crippen LogP contribution >= 0.6 is 0 Å². The van der Waals surface area contributed by atoms with E-state index in [4.69, 9.17) is 5.11 Å². The fraction of sp³-hybridized carbons (Fsp3) is 0.955. The first-order valence-corrected chi connectivity index (χ1v) is 11.2. The number of β-amino-alcohol motifs (C(OH)–C–C–N with tert-alkyl or cyclic N) is 1. The van der Waals surface area contributed by atoms with Gasteiger partial charge in [0.25, 0.3) is 0 Å². The van der Waals surface area contributed by atoms with Crippen molar-refractivity contribution in [2.24, 2.45) is 10.9 Å². The summed E-state index contributed by atoms with van der Waals surface area (Å²) in [4.78, 5) is 6.92. The first-order chi connectivity index (χ1) is 12.3. The molecule has 0 fully saturated rings. The maximum Gasteiger partial charge on any atom is 0.102 e. The van der Waals surface area contributed by atoms with Crippen LogP contribution in [0.3, 0.4) is 0 Å². The number of amidine groups is 1. The molecule has 0 aromatic heterocycles. The number of aliphatic hydroxyl groups excluding tert-OH is 1. The normalized spacial score (nSPS) is 15.6. The lowest BCUT2D eigenvalue weighted by molar-refractivity contribution is 0.252. The number of aliphatic imine (C=N–C) groups is 1.